The zero-order valence-corrected chi connectivity index (χ0v) is 19.2. The molecule has 2 aromatic carbocycles. The van der Waals surface area contributed by atoms with E-state index in [2.05, 4.69) is 0 Å². The van der Waals surface area contributed by atoms with Crippen molar-refractivity contribution in [2.24, 2.45) is 0 Å². The zero-order chi connectivity index (χ0) is 23.0. The molecule has 0 spiro atoms. The molecule has 4 rings (SSSR count). The zero-order valence-electron chi connectivity index (χ0n) is 16.9. The van der Waals surface area contributed by atoms with Crippen LogP contribution in [0.5, 0.6) is 0 Å². The molecule has 0 N–H and O–H groups in total. The van der Waals surface area contributed by atoms with E-state index < -0.39 is 33.9 Å². The number of anilines is 1. The molecule has 0 radical (unpaired) electrons. The summed E-state index contributed by atoms with van der Waals surface area (Å²) in [7, 11) is -4.22. The summed E-state index contributed by atoms with van der Waals surface area (Å²) in [6.45, 7) is 0. The summed E-state index contributed by atoms with van der Waals surface area (Å²) in [6.07, 6.45) is 2.56. The number of carbonyl (C=O) groups is 2. The maximum Gasteiger partial charge on any atom is 0.252 e. The van der Waals surface area contributed by atoms with Crippen LogP contribution in [0.2, 0.25) is 10.0 Å². The molecule has 1 aliphatic carbocycles. The molecule has 1 heterocycles. The number of nitrogens with zero attached hydrogens (tertiary/aromatic N) is 3. The van der Waals surface area contributed by atoms with E-state index >= 15 is 0 Å². The summed E-state index contributed by atoms with van der Waals surface area (Å²) in [5, 5.41) is 9.18. The van der Waals surface area contributed by atoms with Crippen molar-refractivity contribution in [1.29, 1.82) is 5.26 Å². The fourth-order valence-electron chi connectivity index (χ4n) is 4.34. The van der Waals surface area contributed by atoms with Gasteiger partial charge in [0.05, 0.1) is 28.8 Å². The molecule has 1 atom stereocenters. The summed E-state index contributed by atoms with van der Waals surface area (Å²) < 4.78 is 28.6. The van der Waals surface area contributed by atoms with Gasteiger partial charge in [-0.1, -0.05) is 36.0 Å². The molecular formula is C22H19Cl2N3O4S. The number of amides is 2. The van der Waals surface area contributed by atoms with Gasteiger partial charge in [-0.2, -0.15) is 9.57 Å². The Kier molecular flexibility index (Phi) is 6.28. The highest BCUT2D eigenvalue weighted by atomic mass is 35.5. The van der Waals surface area contributed by atoms with Gasteiger partial charge in [-0.25, -0.2) is 13.3 Å². The third-order valence-corrected chi connectivity index (χ3v) is 8.50. The number of imide groups is 1. The molecule has 7 nitrogen and oxygen atoms in total. The molecule has 2 aliphatic rings. The first-order valence-corrected chi connectivity index (χ1v) is 12.3. The van der Waals surface area contributed by atoms with Crippen molar-refractivity contribution >= 4 is 50.7 Å². The Hall–Kier alpha value is -2.44. The van der Waals surface area contributed by atoms with E-state index in [9.17, 15) is 18.0 Å². The molecule has 0 aromatic heterocycles. The van der Waals surface area contributed by atoms with Crippen LogP contribution >= 0.6 is 23.2 Å². The lowest BCUT2D eigenvalue weighted by molar-refractivity contribution is -0.122. The molecule has 1 unspecified atom stereocenters. The molecule has 2 fully saturated rings. The predicted octanol–water partition coefficient (Wildman–Crippen LogP) is 4.13. The van der Waals surface area contributed by atoms with Crippen molar-refractivity contribution in [2.75, 3.05) is 4.90 Å². The third kappa shape index (κ3) is 4.02. The lowest BCUT2D eigenvalue weighted by Gasteiger charge is -2.32. The van der Waals surface area contributed by atoms with E-state index in [0.717, 1.165) is 17.7 Å². The molecule has 0 bridgehead atoms. The number of hydrogen-bond acceptors (Lipinski definition) is 5. The summed E-state index contributed by atoms with van der Waals surface area (Å²) in [4.78, 5) is 27.0. The second-order valence-corrected chi connectivity index (χ2v) is 10.4. The molecule has 166 valence electrons. The molecular weight excluding hydrogens is 473 g/mol. The Bertz CT molecular complexity index is 1220. The Morgan fingerprint density at radius 3 is 2.31 bits per heavy atom. The number of sulfonamides is 1. The Labute approximate surface area is 196 Å². The quantitative estimate of drug-likeness (QED) is 0.585. The summed E-state index contributed by atoms with van der Waals surface area (Å²) in [6, 6.07) is 10.5. The second-order valence-electron chi connectivity index (χ2n) is 7.79. The third-order valence-electron chi connectivity index (χ3n) is 5.82. The van der Waals surface area contributed by atoms with Gasteiger partial charge < -0.3 is 0 Å². The minimum absolute atomic E-state index is 0.00174. The minimum atomic E-state index is -4.22. The number of nitriles is 1. The van der Waals surface area contributed by atoms with E-state index in [4.69, 9.17) is 28.5 Å². The molecule has 1 saturated heterocycles. The van der Waals surface area contributed by atoms with Crippen molar-refractivity contribution in [3.8, 4) is 6.07 Å². The van der Waals surface area contributed by atoms with Gasteiger partial charge in [-0.15, -0.1) is 0 Å². The molecule has 32 heavy (non-hydrogen) atoms. The van der Waals surface area contributed by atoms with Crippen LogP contribution in [0, 0.1) is 11.3 Å². The lowest BCUT2D eigenvalue weighted by Crippen LogP contribution is -2.49. The van der Waals surface area contributed by atoms with Crippen LogP contribution in [0.25, 0.3) is 0 Å². The average Bonchev–Trinajstić information content (AvgIpc) is 3.38. The van der Waals surface area contributed by atoms with Crippen LogP contribution in [0.1, 0.15) is 37.7 Å². The first-order valence-electron chi connectivity index (χ1n) is 10.1. The summed E-state index contributed by atoms with van der Waals surface area (Å²) in [5.74, 6) is -1.12. The minimum Gasteiger partial charge on any atom is -0.274 e. The van der Waals surface area contributed by atoms with Crippen LogP contribution in [0.15, 0.2) is 47.4 Å². The van der Waals surface area contributed by atoms with Crippen molar-refractivity contribution in [1.82, 2.24) is 4.31 Å². The fraction of sp³-hybridized carbons (Fsp3) is 0.318. The van der Waals surface area contributed by atoms with E-state index in [1.165, 1.54) is 46.8 Å². The number of benzene rings is 2. The highest BCUT2D eigenvalue weighted by Crippen LogP contribution is 2.37. The largest absolute Gasteiger partial charge is 0.274 e. The summed E-state index contributed by atoms with van der Waals surface area (Å²) >= 11 is 12.2. The number of halogens is 2. The first-order chi connectivity index (χ1) is 15.2. The monoisotopic (exact) mass is 491 g/mol. The predicted molar refractivity (Wildman–Crippen MR) is 120 cm³/mol. The van der Waals surface area contributed by atoms with E-state index in [1.54, 1.807) is 0 Å². The molecule has 2 amide bonds. The van der Waals surface area contributed by atoms with Crippen LogP contribution in [0.4, 0.5) is 5.69 Å². The number of hydrogen-bond donors (Lipinski definition) is 0. The lowest BCUT2D eigenvalue weighted by atomic mass is 10.1. The highest BCUT2D eigenvalue weighted by molar-refractivity contribution is 7.89. The van der Waals surface area contributed by atoms with Crippen molar-refractivity contribution in [3.63, 3.8) is 0 Å². The van der Waals surface area contributed by atoms with Gasteiger partial charge in [0.15, 0.2) is 0 Å². The Morgan fingerprint density at radius 1 is 1.03 bits per heavy atom. The van der Waals surface area contributed by atoms with Gasteiger partial charge in [0.1, 0.15) is 10.9 Å². The van der Waals surface area contributed by atoms with Gasteiger partial charge in [-0.05, 0) is 55.3 Å². The Balaban J connectivity index is 1.76. The van der Waals surface area contributed by atoms with E-state index in [-0.39, 0.29) is 21.4 Å². The van der Waals surface area contributed by atoms with Gasteiger partial charge in [0, 0.05) is 11.1 Å². The van der Waals surface area contributed by atoms with Gasteiger partial charge in [0.25, 0.3) is 5.91 Å². The SMILES string of the molecule is N#Cc1ccc(N2C(=O)CC(N(C3CCCC3)S(=O)(=O)c3cc(Cl)ccc3Cl)C2=O)cc1. The maximum absolute atomic E-state index is 13.7. The van der Waals surface area contributed by atoms with Crippen LogP contribution in [0.3, 0.4) is 0 Å². The maximum atomic E-state index is 13.7. The van der Waals surface area contributed by atoms with E-state index in [0.29, 0.717) is 24.1 Å². The van der Waals surface area contributed by atoms with E-state index in [1.807, 2.05) is 6.07 Å². The Morgan fingerprint density at radius 2 is 1.69 bits per heavy atom. The van der Waals surface area contributed by atoms with Crippen LogP contribution < -0.4 is 4.90 Å². The van der Waals surface area contributed by atoms with Gasteiger partial charge in [-0.3, -0.25) is 9.59 Å². The topological polar surface area (TPSA) is 98.5 Å². The number of carbonyl (C=O) groups excluding carboxylic acids is 2. The van der Waals surface area contributed by atoms with Crippen molar-refractivity contribution in [3.05, 3.63) is 58.1 Å². The highest BCUT2D eigenvalue weighted by Gasteiger charge is 2.50. The first kappa shape index (κ1) is 22.7. The fourth-order valence-corrected chi connectivity index (χ4v) is 6.90. The number of rotatable bonds is 5. The molecule has 1 aliphatic heterocycles. The average molecular weight is 492 g/mol. The van der Waals surface area contributed by atoms with Crippen LogP contribution in [-0.2, 0) is 19.6 Å². The van der Waals surface area contributed by atoms with Crippen LogP contribution in [-0.4, -0.2) is 36.6 Å². The smallest absolute Gasteiger partial charge is 0.252 e. The standard InChI is InChI=1S/C22H19Cl2N3O4S/c23-15-7-10-18(24)20(11-15)32(30,31)27(17-3-1-2-4-17)19-12-21(28)26(22(19)29)16-8-5-14(13-25)6-9-16/h5-11,17,19H,1-4,12H2. The summed E-state index contributed by atoms with van der Waals surface area (Å²) in [5.41, 5.74) is 0.682. The van der Waals surface area contributed by atoms with Crippen molar-refractivity contribution < 1.29 is 18.0 Å². The van der Waals surface area contributed by atoms with Gasteiger partial charge >= 0.3 is 0 Å². The van der Waals surface area contributed by atoms with Gasteiger partial charge in [0.2, 0.25) is 15.9 Å². The molecule has 1 saturated carbocycles. The molecule has 10 heteroatoms. The second kappa shape index (κ2) is 8.83. The van der Waals surface area contributed by atoms with Crippen molar-refractivity contribution in [2.45, 2.75) is 49.1 Å². The molecule has 2 aromatic rings. The normalized spacial score (nSPS) is 19.7.